The van der Waals surface area contributed by atoms with Gasteiger partial charge in [-0.1, -0.05) is 19.9 Å². The molecule has 0 bridgehead atoms. The van der Waals surface area contributed by atoms with E-state index in [0.29, 0.717) is 6.04 Å². The molecule has 2 unspecified atom stereocenters. The van der Waals surface area contributed by atoms with Crippen LogP contribution in [0.25, 0.3) is 0 Å². The van der Waals surface area contributed by atoms with E-state index in [9.17, 15) is 4.79 Å². The number of hydrogen-bond donors (Lipinski definition) is 0. The Morgan fingerprint density at radius 1 is 1.40 bits per heavy atom. The number of esters is 1. The van der Waals surface area contributed by atoms with E-state index in [1.165, 1.54) is 6.08 Å². The first-order valence-electron chi connectivity index (χ1n) is 5.65. The van der Waals surface area contributed by atoms with E-state index >= 15 is 0 Å². The zero-order chi connectivity index (χ0) is 11.8. The molecule has 0 rings (SSSR count). The van der Waals surface area contributed by atoms with Gasteiger partial charge in [-0.3, -0.25) is 4.90 Å². The number of rotatable bonds is 6. The molecule has 0 aromatic heterocycles. The van der Waals surface area contributed by atoms with Crippen molar-refractivity contribution >= 4 is 5.97 Å². The van der Waals surface area contributed by atoms with E-state index in [4.69, 9.17) is 4.74 Å². The normalized spacial score (nSPS) is 15.6. The molecule has 88 valence electrons. The molecule has 0 aliphatic heterocycles. The van der Waals surface area contributed by atoms with Gasteiger partial charge in [0.05, 0.1) is 0 Å². The predicted molar refractivity (Wildman–Crippen MR) is 62.5 cm³/mol. The fraction of sp³-hybridized carbons (Fsp3) is 0.750. The van der Waals surface area contributed by atoms with Crippen LogP contribution in [0.5, 0.6) is 0 Å². The first kappa shape index (κ1) is 14.2. The summed E-state index contributed by atoms with van der Waals surface area (Å²) in [7, 11) is 0. The van der Waals surface area contributed by atoms with Crippen LogP contribution < -0.4 is 0 Å². The summed E-state index contributed by atoms with van der Waals surface area (Å²) >= 11 is 0. The number of ether oxygens (including phenoxy) is 1. The molecule has 0 amide bonds. The summed E-state index contributed by atoms with van der Waals surface area (Å²) in [6.07, 6.45) is 4.03. The summed E-state index contributed by atoms with van der Waals surface area (Å²) in [5.41, 5.74) is 0. The minimum Gasteiger partial charge on any atom is -0.443 e. The molecule has 0 spiro atoms. The van der Waals surface area contributed by atoms with Crippen molar-refractivity contribution in [1.82, 2.24) is 4.90 Å². The van der Waals surface area contributed by atoms with Gasteiger partial charge in [-0.2, -0.15) is 0 Å². The molecule has 2 atom stereocenters. The summed E-state index contributed by atoms with van der Waals surface area (Å²) in [6, 6.07) is 0.434. The van der Waals surface area contributed by atoms with E-state index < -0.39 is 0 Å². The van der Waals surface area contributed by atoms with Crippen molar-refractivity contribution in [2.24, 2.45) is 0 Å². The lowest BCUT2D eigenvalue weighted by molar-refractivity contribution is -0.153. The largest absolute Gasteiger partial charge is 0.443 e. The number of hydrogen-bond acceptors (Lipinski definition) is 3. The molecular weight excluding hydrogens is 190 g/mol. The Balaban J connectivity index is 4.26. The lowest BCUT2D eigenvalue weighted by atomic mass is 10.2. The van der Waals surface area contributed by atoms with E-state index in [1.54, 1.807) is 13.0 Å². The fourth-order valence-electron chi connectivity index (χ4n) is 1.57. The fourth-order valence-corrected chi connectivity index (χ4v) is 1.57. The standard InChI is InChI=1S/C12H23NO2/c1-6-9-12(14)15-11(5)13(8-3)10(4)7-2/h6,9-11H,7-8H2,1-5H3/b9-6+. The molecule has 3 heteroatoms. The van der Waals surface area contributed by atoms with Crippen LogP contribution in [0.4, 0.5) is 0 Å². The number of allylic oxidation sites excluding steroid dienone is 1. The quantitative estimate of drug-likeness (QED) is 0.386. The highest BCUT2D eigenvalue weighted by Crippen LogP contribution is 2.09. The van der Waals surface area contributed by atoms with Gasteiger partial charge in [0.2, 0.25) is 0 Å². The average Bonchev–Trinajstić information content (AvgIpc) is 2.18. The molecule has 0 aliphatic rings. The van der Waals surface area contributed by atoms with Gasteiger partial charge in [-0.15, -0.1) is 0 Å². The topological polar surface area (TPSA) is 29.5 Å². The summed E-state index contributed by atoms with van der Waals surface area (Å²) in [4.78, 5) is 13.4. The van der Waals surface area contributed by atoms with Gasteiger partial charge in [-0.05, 0) is 33.7 Å². The Morgan fingerprint density at radius 3 is 2.40 bits per heavy atom. The molecule has 0 fully saturated rings. The van der Waals surface area contributed by atoms with Crippen LogP contribution in [0.3, 0.4) is 0 Å². The van der Waals surface area contributed by atoms with E-state index in [-0.39, 0.29) is 12.2 Å². The van der Waals surface area contributed by atoms with Crippen molar-refractivity contribution in [3.63, 3.8) is 0 Å². The zero-order valence-corrected chi connectivity index (χ0v) is 10.5. The van der Waals surface area contributed by atoms with Crippen molar-refractivity contribution in [2.45, 2.75) is 53.3 Å². The molecule has 3 nitrogen and oxygen atoms in total. The zero-order valence-electron chi connectivity index (χ0n) is 10.5. The van der Waals surface area contributed by atoms with Gasteiger partial charge in [0, 0.05) is 12.1 Å². The second kappa shape index (κ2) is 7.46. The van der Waals surface area contributed by atoms with Crippen molar-refractivity contribution in [1.29, 1.82) is 0 Å². The maximum Gasteiger partial charge on any atom is 0.331 e. The maximum atomic E-state index is 11.2. The predicted octanol–water partition coefficient (Wildman–Crippen LogP) is 2.57. The van der Waals surface area contributed by atoms with E-state index in [2.05, 4.69) is 25.7 Å². The molecule has 15 heavy (non-hydrogen) atoms. The van der Waals surface area contributed by atoms with Crippen LogP contribution in [0.1, 0.15) is 41.0 Å². The molecule has 0 radical (unpaired) electrons. The third-order valence-electron chi connectivity index (χ3n) is 2.58. The van der Waals surface area contributed by atoms with Gasteiger partial charge in [0.25, 0.3) is 0 Å². The first-order valence-corrected chi connectivity index (χ1v) is 5.65. The summed E-state index contributed by atoms with van der Waals surface area (Å²) in [5, 5.41) is 0. The van der Waals surface area contributed by atoms with Gasteiger partial charge in [-0.25, -0.2) is 4.79 Å². The van der Waals surface area contributed by atoms with Crippen LogP contribution in [0.15, 0.2) is 12.2 Å². The third kappa shape index (κ3) is 4.98. The first-order chi connectivity index (χ1) is 7.06. The molecule has 0 N–H and O–H groups in total. The Morgan fingerprint density at radius 2 is 2.00 bits per heavy atom. The van der Waals surface area contributed by atoms with Gasteiger partial charge in [0.15, 0.2) is 6.23 Å². The third-order valence-corrected chi connectivity index (χ3v) is 2.58. The highest BCUT2D eigenvalue weighted by atomic mass is 16.6. The minimum absolute atomic E-state index is 0.159. The summed E-state index contributed by atoms with van der Waals surface area (Å²) in [6.45, 7) is 11.0. The minimum atomic E-state index is -0.272. The van der Waals surface area contributed by atoms with Gasteiger partial charge < -0.3 is 4.74 Å². The van der Waals surface area contributed by atoms with Crippen LogP contribution in [-0.2, 0) is 9.53 Å². The molecule has 0 heterocycles. The van der Waals surface area contributed by atoms with Crippen molar-refractivity contribution in [3.8, 4) is 0 Å². The van der Waals surface area contributed by atoms with Crippen LogP contribution >= 0.6 is 0 Å². The molecular formula is C12H23NO2. The van der Waals surface area contributed by atoms with Gasteiger partial charge in [0.1, 0.15) is 0 Å². The second-order valence-corrected chi connectivity index (χ2v) is 3.62. The van der Waals surface area contributed by atoms with E-state index in [0.717, 1.165) is 13.0 Å². The Labute approximate surface area is 93.1 Å². The van der Waals surface area contributed by atoms with Crippen molar-refractivity contribution in [3.05, 3.63) is 12.2 Å². The van der Waals surface area contributed by atoms with Crippen molar-refractivity contribution in [2.75, 3.05) is 6.54 Å². The summed E-state index contributed by atoms with van der Waals surface area (Å²) < 4.78 is 5.27. The molecule has 0 aromatic rings. The molecule has 0 saturated heterocycles. The second-order valence-electron chi connectivity index (χ2n) is 3.62. The van der Waals surface area contributed by atoms with Gasteiger partial charge >= 0.3 is 5.97 Å². The molecule has 0 aliphatic carbocycles. The highest BCUT2D eigenvalue weighted by molar-refractivity contribution is 5.81. The van der Waals surface area contributed by atoms with Crippen LogP contribution in [-0.4, -0.2) is 29.7 Å². The molecule has 0 saturated carbocycles. The maximum absolute atomic E-state index is 11.2. The number of nitrogens with zero attached hydrogens (tertiary/aromatic N) is 1. The Hall–Kier alpha value is -0.830. The number of carbonyl (C=O) groups excluding carboxylic acids is 1. The average molecular weight is 213 g/mol. The number of carbonyl (C=O) groups is 1. The van der Waals surface area contributed by atoms with Crippen LogP contribution in [0.2, 0.25) is 0 Å². The van der Waals surface area contributed by atoms with E-state index in [1.807, 2.05) is 6.92 Å². The molecule has 0 aromatic carbocycles. The Kier molecular flexibility index (Phi) is 7.05. The smallest absolute Gasteiger partial charge is 0.331 e. The monoisotopic (exact) mass is 213 g/mol. The SMILES string of the molecule is C/C=C/C(=O)OC(C)N(CC)C(C)CC. The highest BCUT2D eigenvalue weighted by Gasteiger charge is 2.19. The van der Waals surface area contributed by atoms with Crippen molar-refractivity contribution < 1.29 is 9.53 Å². The van der Waals surface area contributed by atoms with Crippen LogP contribution in [0, 0.1) is 0 Å². The Bertz CT molecular complexity index is 214. The lowest BCUT2D eigenvalue weighted by Crippen LogP contribution is -2.42. The summed E-state index contributed by atoms with van der Waals surface area (Å²) in [5.74, 6) is -0.272. The lowest BCUT2D eigenvalue weighted by Gasteiger charge is -2.32.